The van der Waals surface area contributed by atoms with Gasteiger partial charge in [0, 0.05) is 6.61 Å². The van der Waals surface area contributed by atoms with Crippen molar-refractivity contribution in [2.45, 2.75) is 6.92 Å². The number of rotatable bonds is 2. The van der Waals surface area contributed by atoms with E-state index in [9.17, 15) is 0 Å². The third-order valence-electron chi connectivity index (χ3n) is 0.209. The van der Waals surface area contributed by atoms with Gasteiger partial charge in [-0.3, -0.25) is 0 Å². The molecule has 0 atom stereocenters. The zero-order valence-electron chi connectivity index (χ0n) is 3.06. The van der Waals surface area contributed by atoms with Crippen molar-refractivity contribution >= 4 is 21.0 Å². The van der Waals surface area contributed by atoms with Crippen molar-refractivity contribution in [3.05, 3.63) is 0 Å². The first kappa shape index (κ1) is 5.53. The van der Waals surface area contributed by atoms with Crippen LogP contribution in [0, 0.1) is 0 Å². The van der Waals surface area contributed by atoms with Crippen LogP contribution < -0.4 is 0 Å². The molecule has 2 radical (unpaired) electrons. The third-order valence-corrected chi connectivity index (χ3v) is 1.01. The lowest BCUT2D eigenvalue weighted by Crippen LogP contribution is -1.86. The highest BCUT2D eigenvalue weighted by Gasteiger charge is 1.69. The molecule has 0 aliphatic heterocycles. The second-order valence-electron chi connectivity index (χ2n) is 0.524. The molecule has 0 N–H and O–H groups in total. The van der Waals surface area contributed by atoms with Gasteiger partial charge in [0.1, 0.15) is 0 Å². The number of thiol groups is 1. The quantitative estimate of drug-likeness (QED) is 0.398. The number of hydrogen-bond acceptors (Lipinski definition) is 2. The average molecular weight is 106 g/mol. The summed E-state index contributed by atoms with van der Waals surface area (Å²) in [6.07, 6.45) is 0. The minimum atomic E-state index is 0.352. The van der Waals surface area contributed by atoms with E-state index >= 15 is 0 Å². The molecule has 0 aromatic heterocycles. The van der Waals surface area contributed by atoms with E-state index in [2.05, 4.69) is 12.1 Å². The molecule has 0 amide bonds. The van der Waals surface area contributed by atoms with Crippen LogP contribution >= 0.6 is 12.1 Å². The van der Waals surface area contributed by atoms with Crippen molar-refractivity contribution in [2.24, 2.45) is 0 Å². The topological polar surface area (TPSA) is 9.23 Å². The maximum absolute atomic E-state index is 4.73. The molecule has 0 aromatic carbocycles. The van der Waals surface area contributed by atoms with Crippen molar-refractivity contribution in [1.82, 2.24) is 0 Å². The Morgan fingerprint density at radius 3 is 2.60 bits per heavy atom. The van der Waals surface area contributed by atoms with Crippen molar-refractivity contribution in [3.8, 4) is 0 Å². The van der Waals surface area contributed by atoms with E-state index in [1.807, 2.05) is 6.92 Å². The summed E-state index contributed by atoms with van der Waals surface area (Å²) in [4.78, 5) is 0. The van der Waals surface area contributed by atoms with Crippen LogP contribution in [0.3, 0.4) is 0 Å². The van der Waals surface area contributed by atoms with Crippen LogP contribution in [0.5, 0.6) is 0 Å². The van der Waals surface area contributed by atoms with Gasteiger partial charge in [-0.15, -0.1) is 0 Å². The fourth-order valence-corrected chi connectivity index (χ4v) is 0.581. The van der Waals surface area contributed by atoms with E-state index in [4.69, 9.17) is 4.43 Å². The second kappa shape index (κ2) is 4.53. The molecule has 0 aliphatic carbocycles. The lowest BCUT2D eigenvalue weighted by molar-refractivity contribution is 0.372. The first-order chi connectivity index (χ1) is 2.41. The lowest BCUT2D eigenvalue weighted by Gasteiger charge is -1.83. The summed E-state index contributed by atoms with van der Waals surface area (Å²) in [6, 6.07) is 0. The highest BCUT2D eigenvalue weighted by atomic mass is 32.3. The van der Waals surface area contributed by atoms with Crippen LogP contribution in [0.1, 0.15) is 6.92 Å². The van der Waals surface area contributed by atoms with Crippen molar-refractivity contribution in [2.75, 3.05) is 6.61 Å². The Labute approximate surface area is 39.7 Å². The van der Waals surface area contributed by atoms with E-state index in [0.717, 1.165) is 6.61 Å². The van der Waals surface area contributed by atoms with E-state index in [1.165, 1.54) is 0 Å². The van der Waals surface area contributed by atoms with Crippen LogP contribution in [0.2, 0.25) is 0 Å². The van der Waals surface area contributed by atoms with E-state index in [1.54, 1.807) is 0 Å². The molecule has 3 heteroatoms. The standard InChI is InChI=1S/C2H6OSSi/c1-2-3-5-4/h4H,2H2,1H3. The Morgan fingerprint density at radius 1 is 2.00 bits per heavy atom. The van der Waals surface area contributed by atoms with Crippen LogP contribution in [0.4, 0.5) is 0 Å². The second-order valence-corrected chi connectivity index (χ2v) is 1.54. The molecule has 30 valence electrons. The van der Waals surface area contributed by atoms with Crippen LogP contribution in [0.15, 0.2) is 0 Å². The average Bonchev–Trinajstić information content (AvgIpc) is 1.41. The molecule has 1 nitrogen and oxygen atoms in total. The smallest absolute Gasteiger partial charge is 0.308 e. The minimum Gasteiger partial charge on any atom is -0.407 e. The summed E-state index contributed by atoms with van der Waals surface area (Å²) in [7, 11) is 0.352. The molecule has 0 saturated carbocycles. The molecule has 0 bridgehead atoms. The van der Waals surface area contributed by atoms with E-state index in [0.29, 0.717) is 8.91 Å². The minimum absolute atomic E-state index is 0.352. The Hall–Kier alpha value is 0.527. The molecular weight excluding hydrogens is 100 g/mol. The molecule has 0 aliphatic rings. The van der Waals surface area contributed by atoms with Gasteiger partial charge in [0.2, 0.25) is 0 Å². The maximum atomic E-state index is 4.73. The van der Waals surface area contributed by atoms with Gasteiger partial charge >= 0.3 is 8.91 Å². The van der Waals surface area contributed by atoms with Crippen molar-refractivity contribution < 1.29 is 4.43 Å². The van der Waals surface area contributed by atoms with E-state index < -0.39 is 0 Å². The van der Waals surface area contributed by atoms with Gasteiger partial charge in [-0.2, -0.15) is 12.1 Å². The van der Waals surface area contributed by atoms with Crippen LogP contribution in [-0.2, 0) is 4.43 Å². The Morgan fingerprint density at radius 2 is 2.60 bits per heavy atom. The summed E-state index contributed by atoms with van der Waals surface area (Å²) in [5.74, 6) is 0. The van der Waals surface area contributed by atoms with Gasteiger partial charge in [0.05, 0.1) is 0 Å². The Kier molecular flexibility index (Phi) is 5.00. The molecule has 0 unspecified atom stereocenters. The summed E-state index contributed by atoms with van der Waals surface area (Å²) >= 11 is 3.81. The predicted molar refractivity (Wildman–Crippen MR) is 26.4 cm³/mol. The summed E-state index contributed by atoms with van der Waals surface area (Å²) < 4.78 is 4.73. The zero-order valence-corrected chi connectivity index (χ0v) is 4.96. The third kappa shape index (κ3) is 4.53. The fraction of sp³-hybridized carbons (Fsp3) is 1.00. The van der Waals surface area contributed by atoms with Crippen LogP contribution in [0.25, 0.3) is 0 Å². The molecular formula is C2H6OSSi. The maximum Gasteiger partial charge on any atom is 0.308 e. The van der Waals surface area contributed by atoms with E-state index in [-0.39, 0.29) is 0 Å². The first-order valence-corrected chi connectivity index (χ1v) is 3.62. The van der Waals surface area contributed by atoms with Gasteiger partial charge in [0.25, 0.3) is 0 Å². The Bertz CT molecular complexity index is 17.1. The number of hydrogen-bond donors (Lipinski definition) is 1. The largest absolute Gasteiger partial charge is 0.407 e. The zero-order chi connectivity index (χ0) is 4.12. The van der Waals surface area contributed by atoms with Gasteiger partial charge in [0.15, 0.2) is 0 Å². The fourth-order valence-electron chi connectivity index (χ4n) is 0.0645. The molecule has 5 heavy (non-hydrogen) atoms. The normalized spacial score (nSPS) is 8.40. The summed E-state index contributed by atoms with van der Waals surface area (Å²) in [5, 5.41) is 0. The van der Waals surface area contributed by atoms with Gasteiger partial charge in [-0.1, -0.05) is 0 Å². The first-order valence-electron chi connectivity index (χ1n) is 1.42. The Balaban J connectivity index is 2.19. The highest BCUT2D eigenvalue weighted by Crippen LogP contribution is 1.68. The van der Waals surface area contributed by atoms with Gasteiger partial charge in [-0.05, 0) is 6.92 Å². The molecule has 0 fully saturated rings. The molecule has 0 saturated heterocycles. The summed E-state index contributed by atoms with van der Waals surface area (Å²) in [6.45, 7) is 2.73. The monoisotopic (exact) mass is 106 g/mol. The summed E-state index contributed by atoms with van der Waals surface area (Å²) in [5.41, 5.74) is 0. The van der Waals surface area contributed by atoms with Crippen molar-refractivity contribution in [3.63, 3.8) is 0 Å². The van der Waals surface area contributed by atoms with Crippen molar-refractivity contribution in [1.29, 1.82) is 0 Å². The highest BCUT2D eigenvalue weighted by molar-refractivity contribution is 8.06. The molecule has 0 spiro atoms. The molecule has 0 heterocycles. The van der Waals surface area contributed by atoms with Gasteiger partial charge in [-0.25, -0.2) is 0 Å². The molecule has 0 aromatic rings. The van der Waals surface area contributed by atoms with Crippen LogP contribution in [-0.4, -0.2) is 15.5 Å². The van der Waals surface area contributed by atoms with Gasteiger partial charge < -0.3 is 4.43 Å². The molecule has 0 rings (SSSR count). The lowest BCUT2D eigenvalue weighted by atomic mass is 10.9. The SMILES string of the molecule is CCO[Si]S. The predicted octanol–water partition coefficient (Wildman–Crippen LogP) is 0.487.